The van der Waals surface area contributed by atoms with E-state index in [1.165, 1.54) is 244 Å². The smallest absolute Gasteiger partial charge is 0.361 e. The van der Waals surface area contributed by atoms with Crippen LogP contribution >= 0.6 is 0 Å². The van der Waals surface area contributed by atoms with Crippen molar-refractivity contribution < 1.29 is 42.9 Å². The molecule has 2 atom stereocenters. The number of rotatable bonds is 73. The molecule has 0 fully saturated rings. The second-order valence-corrected chi connectivity index (χ2v) is 27.7. The van der Waals surface area contributed by atoms with Crippen molar-refractivity contribution in [1.82, 2.24) is 0 Å². The van der Waals surface area contributed by atoms with Crippen LogP contribution in [0, 0.1) is 0 Å². The molecule has 0 aliphatic heterocycles. The first-order chi connectivity index (χ1) is 45.6. The molecule has 0 rings (SSSR count). The van der Waals surface area contributed by atoms with Crippen LogP contribution in [0.1, 0.15) is 361 Å². The number of likely N-dealkylation sites (N-methyl/N-ethyl adjacent to an activating group) is 1. The standard InChI is InChI=1S/C84H149NO8/c1-6-8-10-12-14-16-18-20-22-24-26-28-30-32-34-36-37-38-39-40-41-42-43-44-45-47-49-51-53-55-57-59-61-63-65-67-69-71-73-75-82(87)93-80(79-92-84(83(88)89)90-77-76-85(3,4)5)78-91-81(86)74-72-70-68-66-64-62-60-58-56-54-52-50-48-46-35-33-31-29-27-25-23-21-19-17-15-13-11-9-7-2/h8,10,14,16,20,22,26,28,32,34,37-38,40-41,43-44,80,84H,6-7,9,11-13,15,17-19,21,23-25,27,29-31,33,35-36,39,42,45-79H2,1-5H3/p+1/b10-8-,16-14-,22-20-,28-26-,34-32-,38-37-,41-40-,44-43-. The summed E-state index contributed by atoms with van der Waals surface area (Å²) < 4.78 is 23.0. The number of carboxylic acids is 1. The van der Waals surface area contributed by atoms with Crippen molar-refractivity contribution in [1.29, 1.82) is 0 Å². The number of aliphatic carboxylic acids is 1. The lowest BCUT2D eigenvalue weighted by Gasteiger charge is -2.25. The molecule has 9 nitrogen and oxygen atoms in total. The zero-order valence-electron chi connectivity index (χ0n) is 61.7. The zero-order chi connectivity index (χ0) is 67.5. The summed E-state index contributed by atoms with van der Waals surface area (Å²) >= 11 is 0. The van der Waals surface area contributed by atoms with Crippen LogP contribution in [0.2, 0.25) is 0 Å². The molecule has 0 saturated carbocycles. The van der Waals surface area contributed by atoms with Crippen LogP contribution in [0.5, 0.6) is 0 Å². The number of esters is 2. The summed E-state index contributed by atoms with van der Waals surface area (Å²) in [5, 5.41) is 9.77. The number of unbranched alkanes of at least 4 members (excludes halogenated alkanes) is 42. The number of quaternary nitrogens is 1. The van der Waals surface area contributed by atoms with Crippen molar-refractivity contribution in [2.75, 3.05) is 47.5 Å². The van der Waals surface area contributed by atoms with Gasteiger partial charge < -0.3 is 28.5 Å². The average molecular weight is 1300 g/mol. The molecule has 0 aliphatic carbocycles. The van der Waals surface area contributed by atoms with Gasteiger partial charge in [-0.05, 0) is 77.0 Å². The molecule has 0 amide bonds. The molecule has 9 heteroatoms. The van der Waals surface area contributed by atoms with Crippen molar-refractivity contribution in [2.24, 2.45) is 0 Å². The van der Waals surface area contributed by atoms with Crippen LogP contribution in [-0.4, -0.2) is 87.4 Å². The van der Waals surface area contributed by atoms with Crippen molar-refractivity contribution >= 4 is 17.9 Å². The highest BCUT2D eigenvalue weighted by molar-refractivity contribution is 5.71. The molecule has 1 N–H and O–H groups in total. The van der Waals surface area contributed by atoms with Gasteiger partial charge in [0.15, 0.2) is 6.10 Å². The molecule has 2 unspecified atom stereocenters. The number of nitrogens with zero attached hydrogens (tertiary/aromatic N) is 1. The number of carbonyl (C=O) groups excluding carboxylic acids is 2. The van der Waals surface area contributed by atoms with Gasteiger partial charge in [0.2, 0.25) is 0 Å². The maximum Gasteiger partial charge on any atom is 0.361 e. The number of hydrogen-bond acceptors (Lipinski definition) is 7. The fraction of sp³-hybridized carbons (Fsp3) is 0.774. The van der Waals surface area contributed by atoms with Crippen LogP contribution in [-0.2, 0) is 33.3 Å². The molecule has 93 heavy (non-hydrogen) atoms. The fourth-order valence-electron chi connectivity index (χ4n) is 11.4. The van der Waals surface area contributed by atoms with Crippen LogP contribution in [0.3, 0.4) is 0 Å². The van der Waals surface area contributed by atoms with Crippen LogP contribution in [0.25, 0.3) is 0 Å². The second-order valence-electron chi connectivity index (χ2n) is 27.7. The molecular formula is C84H150NO8+. The minimum absolute atomic E-state index is 0.181. The third-order valence-electron chi connectivity index (χ3n) is 17.4. The van der Waals surface area contributed by atoms with E-state index >= 15 is 0 Å². The lowest BCUT2D eigenvalue weighted by Crippen LogP contribution is -2.40. The molecule has 0 radical (unpaired) electrons. The molecule has 0 saturated heterocycles. The molecule has 0 bridgehead atoms. The number of allylic oxidation sites excluding steroid dienone is 16. The minimum Gasteiger partial charge on any atom is -0.477 e. The Hall–Kier alpha value is -3.79. The first kappa shape index (κ1) is 89.2. The third kappa shape index (κ3) is 75.5. The largest absolute Gasteiger partial charge is 0.477 e. The molecule has 0 aromatic heterocycles. The van der Waals surface area contributed by atoms with Gasteiger partial charge >= 0.3 is 17.9 Å². The van der Waals surface area contributed by atoms with Crippen molar-refractivity contribution in [3.63, 3.8) is 0 Å². The van der Waals surface area contributed by atoms with E-state index in [0.29, 0.717) is 17.4 Å². The van der Waals surface area contributed by atoms with E-state index in [2.05, 4.69) is 111 Å². The van der Waals surface area contributed by atoms with Crippen LogP contribution in [0.15, 0.2) is 97.2 Å². The van der Waals surface area contributed by atoms with Gasteiger partial charge in [0.25, 0.3) is 6.29 Å². The Morgan fingerprint density at radius 3 is 0.914 bits per heavy atom. The average Bonchev–Trinajstić information content (AvgIpc) is 3.38. The van der Waals surface area contributed by atoms with Gasteiger partial charge in [-0.3, -0.25) is 9.59 Å². The Morgan fingerprint density at radius 1 is 0.333 bits per heavy atom. The van der Waals surface area contributed by atoms with Gasteiger partial charge in [-0.15, -0.1) is 0 Å². The van der Waals surface area contributed by atoms with E-state index in [9.17, 15) is 19.5 Å². The lowest BCUT2D eigenvalue weighted by molar-refractivity contribution is -0.870. The van der Waals surface area contributed by atoms with Gasteiger partial charge in [-0.1, -0.05) is 368 Å². The van der Waals surface area contributed by atoms with E-state index < -0.39 is 24.3 Å². The summed E-state index contributed by atoms with van der Waals surface area (Å²) in [6, 6.07) is 0. The number of ether oxygens (including phenoxy) is 4. The molecular weight excluding hydrogens is 1150 g/mol. The molecule has 0 aliphatic rings. The Morgan fingerprint density at radius 2 is 0.613 bits per heavy atom. The molecule has 0 spiro atoms. The highest BCUT2D eigenvalue weighted by Crippen LogP contribution is 2.19. The summed E-state index contributed by atoms with van der Waals surface area (Å²) in [5.41, 5.74) is 0. The highest BCUT2D eigenvalue weighted by atomic mass is 16.7. The Bertz CT molecular complexity index is 1850. The van der Waals surface area contributed by atoms with Gasteiger partial charge in [0.05, 0.1) is 34.4 Å². The summed E-state index contributed by atoms with van der Waals surface area (Å²) in [6.45, 7) is 4.82. The van der Waals surface area contributed by atoms with Gasteiger partial charge in [-0.25, -0.2) is 4.79 Å². The van der Waals surface area contributed by atoms with Gasteiger partial charge in [0.1, 0.15) is 13.2 Å². The molecule has 0 aromatic rings. The topological polar surface area (TPSA) is 108 Å². The van der Waals surface area contributed by atoms with E-state index in [0.717, 1.165) is 89.9 Å². The van der Waals surface area contributed by atoms with E-state index in [1.807, 2.05) is 21.1 Å². The summed E-state index contributed by atoms with van der Waals surface area (Å²) in [6.07, 6.45) is 99.8. The predicted molar refractivity (Wildman–Crippen MR) is 401 cm³/mol. The first-order valence-corrected chi connectivity index (χ1v) is 39.4. The molecule has 538 valence electrons. The number of hydrogen-bond donors (Lipinski definition) is 1. The third-order valence-corrected chi connectivity index (χ3v) is 17.4. The summed E-state index contributed by atoms with van der Waals surface area (Å²) in [4.78, 5) is 37.7. The van der Waals surface area contributed by atoms with Crippen LogP contribution in [0.4, 0.5) is 0 Å². The summed E-state index contributed by atoms with van der Waals surface area (Å²) in [7, 11) is 5.99. The minimum atomic E-state index is -1.51. The monoisotopic (exact) mass is 1300 g/mol. The van der Waals surface area contributed by atoms with E-state index in [4.69, 9.17) is 18.9 Å². The van der Waals surface area contributed by atoms with E-state index in [-0.39, 0.29) is 32.2 Å². The predicted octanol–water partition coefficient (Wildman–Crippen LogP) is 25.1. The van der Waals surface area contributed by atoms with Crippen molar-refractivity contribution in [3.05, 3.63) is 97.2 Å². The number of carboxylic acid groups (broad SMARTS) is 1. The molecule has 0 aromatic carbocycles. The maximum absolute atomic E-state index is 13.0. The van der Waals surface area contributed by atoms with Crippen molar-refractivity contribution in [3.8, 4) is 0 Å². The van der Waals surface area contributed by atoms with Gasteiger partial charge in [0, 0.05) is 12.8 Å². The maximum atomic E-state index is 13.0. The lowest BCUT2D eigenvalue weighted by atomic mass is 10.0. The van der Waals surface area contributed by atoms with Crippen molar-refractivity contribution in [2.45, 2.75) is 373 Å². The Labute approximate surface area is 575 Å². The first-order valence-electron chi connectivity index (χ1n) is 39.4. The quantitative estimate of drug-likeness (QED) is 0.0211. The number of carbonyl (C=O) groups is 3. The Balaban J connectivity index is 4.04. The second kappa shape index (κ2) is 74.0. The highest BCUT2D eigenvalue weighted by Gasteiger charge is 2.25. The Kier molecular flexibility index (Phi) is 71.0. The fourth-order valence-corrected chi connectivity index (χ4v) is 11.4. The van der Waals surface area contributed by atoms with Gasteiger partial charge in [-0.2, -0.15) is 0 Å². The molecule has 0 heterocycles. The van der Waals surface area contributed by atoms with E-state index in [1.54, 1.807) is 0 Å². The SMILES string of the molecule is CC/C=C\C/C=C\C/C=C\C/C=C\C/C=C\C/C=C\C/C=C\C/C=C\CCCCCCCCCCCCCCCCC(=O)OC(COC(=O)CCCCCCCCCCCCCCCCCCCCCCCCCCCCCCC)COC(OCC[N+](C)(C)C)C(=O)O. The zero-order valence-corrected chi connectivity index (χ0v) is 61.7. The summed E-state index contributed by atoms with van der Waals surface area (Å²) in [5.74, 6) is -1.99. The normalized spacial score (nSPS) is 13.2. The van der Waals surface area contributed by atoms with Crippen LogP contribution < -0.4 is 0 Å².